The molecule has 7 nitrogen and oxygen atoms in total. The molecular formula is C16H21ClN4O3S. The van der Waals surface area contributed by atoms with Gasteiger partial charge in [-0.05, 0) is 37.9 Å². The molecule has 2 bridgehead atoms. The van der Waals surface area contributed by atoms with Crippen molar-refractivity contribution < 1.29 is 13.2 Å². The number of amides is 1. The molecule has 1 amide bonds. The van der Waals surface area contributed by atoms with E-state index in [0.717, 1.165) is 38.6 Å². The predicted molar refractivity (Wildman–Crippen MR) is 96.0 cm³/mol. The summed E-state index contributed by atoms with van der Waals surface area (Å²) >= 11 is 0. The summed E-state index contributed by atoms with van der Waals surface area (Å²) in [6, 6.07) is 5.63. The zero-order valence-electron chi connectivity index (χ0n) is 13.9. The zero-order valence-corrected chi connectivity index (χ0v) is 15.5. The minimum absolute atomic E-state index is 0. The van der Waals surface area contributed by atoms with Crippen molar-refractivity contribution in [3.05, 3.63) is 30.1 Å². The molecule has 0 radical (unpaired) electrons. The van der Waals surface area contributed by atoms with E-state index in [1.165, 1.54) is 4.40 Å². The molecule has 0 saturated carbocycles. The van der Waals surface area contributed by atoms with Crippen LogP contribution in [0.5, 0.6) is 0 Å². The van der Waals surface area contributed by atoms with Crippen LogP contribution in [0.2, 0.25) is 0 Å². The largest absolute Gasteiger partial charge is 0.330 e. The molecule has 0 aromatic carbocycles. The normalized spacial score (nSPS) is 23.3. The van der Waals surface area contributed by atoms with Crippen LogP contribution >= 0.6 is 12.4 Å². The summed E-state index contributed by atoms with van der Waals surface area (Å²) in [5.41, 5.74) is 0.773. The lowest BCUT2D eigenvalue weighted by atomic mass is 10.1. The van der Waals surface area contributed by atoms with E-state index in [4.69, 9.17) is 0 Å². The molecule has 2 aliphatic rings. The number of halogens is 1. The van der Waals surface area contributed by atoms with E-state index >= 15 is 0 Å². The Kier molecular flexibility index (Phi) is 4.78. The molecule has 2 atom stereocenters. The van der Waals surface area contributed by atoms with Crippen molar-refractivity contribution in [2.75, 3.05) is 19.3 Å². The Balaban J connectivity index is 0.00000182. The van der Waals surface area contributed by atoms with Crippen LogP contribution in [0.25, 0.3) is 5.52 Å². The van der Waals surface area contributed by atoms with Crippen LogP contribution in [0.4, 0.5) is 0 Å². The van der Waals surface area contributed by atoms with Crippen LogP contribution < -0.4 is 5.32 Å². The number of carbonyl (C=O) groups excluding carboxylic acids is 1. The lowest BCUT2D eigenvalue weighted by Gasteiger charge is -2.27. The highest BCUT2D eigenvalue weighted by atomic mass is 35.5. The summed E-state index contributed by atoms with van der Waals surface area (Å²) in [4.78, 5) is 19.3. The van der Waals surface area contributed by atoms with E-state index < -0.39 is 9.84 Å². The van der Waals surface area contributed by atoms with Gasteiger partial charge in [0.2, 0.25) is 15.0 Å². The molecule has 4 heterocycles. The van der Waals surface area contributed by atoms with Crippen molar-refractivity contribution in [2.24, 2.45) is 0 Å². The van der Waals surface area contributed by atoms with Gasteiger partial charge in [-0.2, -0.15) is 0 Å². The molecule has 2 aromatic heterocycles. The SMILES string of the molecule is CS(=O)(=O)c1nc(C(=O)N2C3CCNCC2CC3)c2ccccn12.Cl. The molecule has 0 spiro atoms. The van der Waals surface area contributed by atoms with Gasteiger partial charge in [0.1, 0.15) is 0 Å². The fourth-order valence-corrected chi connectivity index (χ4v) is 4.64. The second kappa shape index (κ2) is 6.59. The average molecular weight is 385 g/mol. The lowest BCUT2D eigenvalue weighted by Crippen LogP contribution is -2.42. The second-order valence-electron chi connectivity index (χ2n) is 6.56. The fourth-order valence-electron chi connectivity index (χ4n) is 3.86. The van der Waals surface area contributed by atoms with Gasteiger partial charge < -0.3 is 10.2 Å². The zero-order chi connectivity index (χ0) is 16.9. The summed E-state index contributed by atoms with van der Waals surface area (Å²) in [6.45, 7) is 1.69. The van der Waals surface area contributed by atoms with E-state index in [1.54, 1.807) is 24.4 Å². The van der Waals surface area contributed by atoms with Crippen molar-refractivity contribution in [1.29, 1.82) is 0 Å². The van der Waals surface area contributed by atoms with Crippen molar-refractivity contribution >= 4 is 33.7 Å². The van der Waals surface area contributed by atoms with Crippen molar-refractivity contribution in [3.8, 4) is 0 Å². The molecule has 2 saturated heterocycles. The fraction of sp³-hybridized carbons (Fsp3) is 0.500. The van der Waals surface area contributed by atoms with Gasteiger partial charge >= 0.3 is 0 Å². The summed E-state index contributed by atoms with van der Waals surface area (Å²) < 4.78 is 25.6. The average Bonchev–Trinajstić information content (AvgIpc) is 3.03. The predicted octanol–water partition coefficient (Wildman–Crippen LogP) is 1.13. The van der Waals surface area contributed by atoms with Crippen LogP contribution in [-0.4, -0.2) is 60.0 Å². The molecule has 2 fully saturated rings. The number of carbonyl (C=O) groups is 1. The molecule has 0 aliphatic carbocycles. The molecule has 25 heavy (non-hydrogen) atoms. The molecule has 2 aliphatic heterocycles. The molecule has 2 aromatic rings. The third-order valence-corrected chi connectivity index (χ3v) is 5.89. The van der Waals surface area contributed by atoms with Gasteiger partial charge in [-0.25, -0.2) is 13.4 Å². The van der Waals surface area contributed by atoms with Gasteiger partial charge in [0.05, 0.1) is 5.52 Å². The lowest BCUT2D eigenvalue weighted by molar-refractivity contribution is 0.0676. The molecule has 1 N–H and O–H groups in total. The monoisotopic (exact) mass is 384 g/mol. The van der Waals surface area contributed by atoms with Crippen LogP contribution in [0.1, 0.15) is 29.8 Å². The van der Waals surface area contributed by atoms with Crippen molar-refractivity contribution in [1.82, 2.24) is 19.6 Å². The quantitative estimate of drug-likeness (QED) is 0.839. The molecule has 136 valence electrons. The molecule has 9 heteroatoms. The van der Waals surface area contributed by atoms with Gasteiger partial charge in [-0.1, -0.05) is 6.07 Å². The Labute approximate surface area is 152 Å². The molecule has 2 unspecified atom stereocenters. The summed E-state index contributed by atoms with van der Waals surface area (Å²) in [7, 11) is -3.52. The number of hydrogen-bond donors (Lipinski definition) is 1. The minimum atomic E-state index is -3.52. The number of rotatable bonds is 2. The number of fused-ring (bicyclic) bond motifs is 3. The Bertz CT molecular complexity index is 897. The third kappa shape index (κ3) is 3.02. The van der Waals surface area contributed by atoms with E-state index in [-0.39, 0.29) is 41.2 Å². The number of sulfone groups is 1. The van der Waals surface area contributed by atoms with Gasteiger partial charge in [-0.15, -0.1) is 12.4 Å². The number of hydrogen-bond acceptors (Lipinski definition) is 5. The highest BCUT2D eigenvalue weighted by Gasteiger charge is 2.40. The van der Waals surface area contributed by atoms with Crippen LogP contribution in [0.3, 0.4) is 0 Å². The van der Waals surface area contributed by atoms with Gasteiger partial charge in [-0.3, -0.25) is 9.20 Å². The van der Waals surface area contributed by atoms with Crippen molar-refractivity contribution in [2.45, 2.75) is 36.5 Å². The maximum Gasteiger partial charge on any atom is 0.275 e. The topological polar surface area (TPSA) is 83.8 Å². The highest BCUT2D eigenvalue weighted by Crippen LogP contribution is 2.30. The first-order chi connectivity index (χ1) is 11.5. The van der Waals surface area contributed by atoms with Crippen LogP contribution in [-0.2, 0) is 9.84 Å². The van der Waals surface area contributed by atoms with Gasteiger partial charge in [0.25, 0.3) is 5.91 Å². The molecular weight excluding hydrogens is 364 g/mol. The van der Waals surface area contributed by atoms with Crippen molar-refractivity contribution in [3.63, 3.8) is 0 Å². The second-order valence-corrected chi connectivity index (χ2v) is 8.47. The number of nitrogens with one attached hydrogen (secondary N) is 1. The number of imidazole rings is 1. The summed E-state index contributed by atoms with van der Waals surface area (Å²) in [5.74, 6) is -0.162. The van der Waals surface area contributed by atoms with Gasteiger partial charge in [0, 0.05) is 31.1 Å². The van der Waals surface area contributed by atoms with Crippen LogP contribution in [0.15, 0.2) is 29.6 Å². The standard InChI is InChI=1S/C16H20N4O3S.ClH/c1-24(22,23)16-18-14(13-4-2-3-9-19(13)16)15(21)20-11-5-6-12(20)10-17-8-7-11;/h2-4,9,11-12,17H,5-8,10H2,1H3;1H. The summed E-state index contributed by atoms with van der Waals surface area (Å²) in [5, 5.41) is 3.28. The number of nitrogens with zero attached hydrogens (tertiary/aromatic N) is 3. The molecule has 4 rings (SSSR count). The number of aromatic nitrogens is 2. The minimum Gasteiger partial charge on any atom is -0.330 e. The van der Waals surface area contributed by atoms with E-state index in [9.17, 15) is 13.2 Å². The highest BCUT2D eigenvalue weighted by molar-refractivity contribution is 7.90. The third-order valence-electron chi connectivity index (χ3n) is 4.94. The summed E-state index contributed by atoms with van der Waals surface area (Å²) in [6.07, 6.45) is 5.65. The first kappa shape index (κ1) is 18.2. The maximum absolute atomic E-state index is 13.2. The Hall–Kier alpha value is -1.64. The van der Waals surface area contributed by atoms with E-state index in [2.05, 4.69) is 10.3 Å². The van der Waals surface area contributed by atoms with E-state index in [1.807, 2.05) is 4.90 Å². The number of pyridine rings is 1. The maximum atomic E-state index is 13.2. The van der Waals surface area contributed by atoms with Crippen LogP contribution in [0, 0.1) is 0 Å². The first-order valence-corrected chi connectivity index (χ1v) is 10.1. The smallest absolute Gasteiger partial charge is 0.275 e. The van der Waals surface area contributed by atoms with Gasteiger partial charge in [0.15, 0.2) is 5.69 Å². The Morgan fingerprint density at radius 2 is 2.00 bits per heavy atom. The first-order valence-electron chi connectivity index (χ1n) is 8.17. The Morgan fingerprint density at radius 3 is 2.76 bits per heavy atom. The Morgan fingerprint density at radius 1 is 1.24 bits per heavy atom. The van der Waals surface area contributed by atoms with E-state index in [0.29, 0.717) is 5.52 Å².